The lowest BCUT2D eigenvalue weighted by Crippen LogP contribution is -2.36. The van der Waals surface area contributed by atoms with Gasteiger partial charge in [0.2, 0.25) is 0 Å². The highest BCUT2D eigenvalue weighted by Gasteiger charge is 2.46. The third-order valence-corrected chi connectivity index (χ3v) is 4.88. The lowest BCUT2D eigenvalue weighted by Gasteiger charge is -2.30. The summed E-state index contributed by atoms with van der Waals surface area (Å²) < 4.78 is 5.12. The van der Waals surface area contributed by atoms with Gasteiger partial charge in [-0.1, -0.05) is 30.3 Å². The summed E-state index contributed by atoms with van der Waals surface area (Å²) in [7, 11) is 0. The summed E-state index contributed by atoms with van der Waals surface area (Å²) in [5.41, 5.74) is 1.68. The van der Waals surface area contributed by atoms with E-state index in [1.165, 1.54) is 0 Å². The second-order valence-corrected chi connectivity index (χ2v) is 6.63. The zero-order valence-corrected chi connectivity index (χ0v) is 15.2. The lowest BCUT2D eigenvalue weighted by atomic mass is 10.0. The van der Waals surface area contributed by atoms with Gasteiger partial charge in [-0.3, -0.25) is 14.6 Å². The zero-order valence-electron chi connectivity index (χ0n) is 15.2. The van der Waals surface area contributed by atoms with Crippen molar-refractivity contribution in [2.24, 2.45) is 11.8 Å². The number of rotatable bonds is 7. The molecular weight excluding hydrogens is 328 g/mol. The molecule has 1 saturated carbocycles. The van der Waals surface area contributed by atoms with Crippen molar-refractivity contribution in [2.75, 3.05) is 13.2 Å². The van der Waals surface area contributed by atoms with Gasteiger partial charge in [0, 0.05) is 24.5 Å². The van der Waals surface area contributed by atoms with Crippen LogP contribution in [0.3, 0.4) is 0 Å². The predicted molar refractivity (Wildman–Crippen MR) is 98.4 cm³/mol. The summed E-state index contributed by atoms with van der Waals surface area (Å²) in [4.78, 5) is 30.9. The standard InChI is InChI=1S/C21H24N2O3/c1-3-26-21(25)19-13-18(19)14-23(15(2)16-7-5-4-6-8-16)20(24)17-9-11-22-12-10-17/h4-12,15,18-19H,3,13-14H2,1-2H3. The Hall–Kier alpha value is -2.69. The van der Waals surface area contributed by atoms with Crippen molar-refractivity contribution in [3.63, 3.8) is 0 Å². The maximum absolute atomic E-state index is 13.1. The van der Waals surface area contributed by atoms with Crippen molar-refractivity contribution in [1.82, 2.24) is 9.88 Å². The Kier molecular flexibility index (Phi) is 5.66. The molecular formula is C21H24N2O3. The number of aromatic nitrogens is 1. The fraction of sp³-hybridized carbons (Fsp3) is 0.381. The molecule has 1 fully saturated rings. The topological polar surface area (TPSA) is 59.5 Å². The van der Waals surface area contributed by atoms with Gasteiger partial charge in [-0.05, 0) is 43.9 Å². The van der Waals surface area contributed by atoms with Crippen LogP contribution in [0.5, 0.6) is 0 Å². The molecule has 1 heterocycles. The molecule has 0 bridgehead atoms. The zero-order chi connectivity index (χ0) is 18.5. The van der Waals surface area contributed by atoms with E-state index in [-0.39, 0.29) is 29.8 Å². The molecule has 136 valence electrons. The number of hydrogen-bond acceptors (Lipinski definition) is 4. The Balaban J connectivity index is 1.78. The van der Waals surface area contributed by atoms with Gasteiger partial charge in [0.05, 0.1) is 18.6 Å². The quantitative estimate of drug-likeness (QED) is 0.716. The maximum Gasteiger partial charge on any atom is 0.309 e. The van der Waals surface area contributed by atoms with Crippen molar-refractivity contribution in [2.45, 2.75) is 26.3 Å². The van der Waals surface area contributed by atoms with E-state index >= 15 is 0 Å². The Bertz CT molecular complexity index is 748. The Morgan fingerprint density at radius 1 is 1.19 bits per heavy atom. The Morgan fingerprint density at radius 2 is 1.88 bits per heavy atom. The van der Waals surface area contributed by atoms with Crippen LogP contribution in [-0.4, -0.2) is 34.9 Å². The second-order valence-electron chi connectivity index (χ2n) is 6.63. The number of ether oxygens (including phenoxy) is 1. The minimum atomic E-state index is -0.152. The number of esters is 1. The van der Waals surface area contributed by atoms with E-state index in [0.29, 0.717) is 18.7 Å². The molecule has 0 saturated heterocycles. The third kappa shape index (κ3) is 4.10. The van der Waals surface area contributed by atoms with Gasteiger partial charge in [0.1, 0.15) is 0 Å². The average molecular weight is 352 g/mol. The van der Waals surface area contributed by atoms with E-state index < -0.39 is 0 Å². The number of carbonyl (C=O) groups is 2. The van der Waals surface area contributed by atoms with Gasteiger partial charge in [0.25, 0.3) is 5.91 Å². The number of pyridine rings is 1. The normalized spacial score (nSPS) is 19.5. The maximum atomic E-state index is 13.1. The first-order valence-corrected chi connectivity index (χ1v) is 9.04. The molecule has 0 radical (unpaired) electrons. The van der Waals surface area contributed by atoms with Crippen LogP contribution < -0.4 is 0 Å². The summed E-state index contributed by atoms with van der Waals surface area (Å²) in [6.07, 6.45) is 4.02. The van der Waals surface area contributed by atoms with Crippen LogP contribution in [0.25, 0.3) is 0 Å². The molecule has 3 atom stereocenters. The van der Waals surface area contributed by atoms with Crippen molar-refractivity contribution in [3.05, 3.63) is 66.0 Å². The second kappa shape index (κ2) is 8.13. The smallest absolute Gasteiger partial charge is 0.309 e. The molecule has 1 amide bonds. The van der Waals surface area contributed by atoms with Crippen LogP contribution in [0.2, 0.25) is 0 Å². The summed E-state index contributed by atoms with van der Waals surface area (Å²) in [6.45, 7) is 4.77. The Labute approximate surface area is 154 Å². The van der Waals surface area contributed by atoms with Crippen LogP contribution in [-0.2, 0) is 9.53 Å². The SMILES string of the molecule is CCOC(=O)C1CC1CN(C(=O)c1ccncc1)C(C)c1ccccc1. The van der Waals surface area contributed by atoms with Gasteiger partial charge in [0.15, 0.2) is 0 Å². The van der Waals surface area contributed by atoms with Crippen molar-refractivity contribution >= 4 is 11.9 Å². The van der Waals surface area contributed by atoms with Crippen LogP contribution in [0, 0.1) is 11.8 Å². The molecule has 3 rings (SSSR count). The summed E-state index contributed by atoms with van der Waals surface area (Å²) in [5, 5.41) is 0. The molecule has 5 nitrogen and oxygen atoms in total. The van der Waals surface area contributed by atoms with E-state index in [0.717, 1.165) is 12.0 Å². The first-order chi connectivity index (χ1) is 12.6. The molecule has 1 aromatic heterocycles. The number of hydrogen-bond donors (Lipinski definition) is 0. The molecule has 3 unspecified atom stereocenters. The molecule has 0 N–H and O–H groups in total. The van der Waals surface area contributed by atoms with Crippen molar-refractivity contribution < 1.29 is 14.3 Å². The summed E-state index contributed by atoms with van der Waals surface area (Å²) in [5.74, 6) is -0.129. The van der Waals surface area contributed by atoms with E-state index in [9.17, 15) is 9.59 Å². The van der Waals surface area contributed by atoms with E-state index in [1.54, 1.807) is 24.5 Å². The van der Waals surface area contributed by atoms with E-state index in [1.807, 2.05) is 49.1 Å². The van der Waals surface area contributed by atoms with Gasteiger partial charge in [-0.15, -0.1) is 0 Å². The number of nitrogens with zero attached hydrogens (tertiary/aromatic N) is 2. The van der Waals surface area contributed by atoms with Crippen LogP contribution in [0.4, 0.5) is 0 Å². The molecule has 1 aliphatic carbocycles. The minimum Gasteiger partial charge on any atom is -0.466 e. The minimum absolute atomic E-state index is 0.0433. The molecule has 2 aromatic rings. The van der Waals surface area contributed by atoms with Crippen molar-refractivity contribution in [3.8, 4) is 0 Å². The van der Waals surface area contributed by atoms with Gasteiger partial charge >= 0.3 is 5.97 Å². The third-order valence-electron chi connectivity index (χ3n) is 4.88. The van der Waals surface area contributed by atoms with Crippen LogP contribution in [0.1, 0.15) is 42.2 Å². The average Bonchev–Trinajstić information content (AvgIpc) is 3.46. The van der Waals surface area contributed by atoms with Crippen molar-refractivity contribution in [1.29, 1.82) is 0 Å². The van der Waals surface area contributed by atoms with Crippen LogP contribution in [0.15, 0.2) is 54.9 Å². The molecule has 0 aliphatic heterocycles. The summed E-state index contributed by atoms with van der Waals surface area (Å²) >= 11 is 0. The number of carbonyl (C=O) groups excluding carboxylic acids is 2. The summed E-state index contributed by atoms with van der Waals surface area (Å²) in [6, 6.07) is 13.3. The monoisotopic (exact) mass is 352 g/mol. The largest absolute Gasteiger partial charge is 0.466 e. The molecule has 1 aliphatic rings. The lowest BCUT2D eigenvalue weighted by molar-refractivity contribution is -0.145. The molecule has 26 heavy (non-hydrogen) atoms. The Morgan fingerprint density at radius 3 is 2.54 bits per heavy atom. The number of amides is 1. The number of benzene rings is 1. The highest BCUT2D eigenvalue weighted by atomic mass is 16.5. The van der Waals surface area contributed by atoms with Gasteiger partial charge in [-0.25, -0.2) is 0 Å². The molecule has 5 heteroatoms. The molecule has 0 spiro atoms. The molecule has 1 aromatic carbocycles. The highest BCUT2D eigenvalue weighted by molar-refractivity contribution is 5.94. The first-order valence-electron chi connectivity index (χ1n) is 9.04. The first kappa shape index (κ1) is 18.1. The van der Waals surface area contributed by atoms with E-state index in [2.05, 4.69) is 4.98 Å². The van der Waals surface area contributed by atoms with Gasteiger partial charge < -0.3 is 9.64 Å². The fourth-order valence-electron chi connectivity index (χ4n) is 3.23. The van der Waals surface area contributed by atoms with Crippen LogP contribution >= 0.6 is 0 Å². The van der Waals surface area contributed by atoms with E-state index in [4.69, 9.17) is 4.74 Å². The highest BCUT2D eigenvalue weighted by Crippen LogP contribution is 2.41. The fourth-order valence-corrected chi connectivity index (χ4v) is 3.23. The predicted octanol–water partition coefficient (Wildman–Crippen LogP) is 3.48. The van der Waals surface area contributed by atoms with Gasteiger partial charge in [-0.2, -0.15) is 0 Å².